The van der Waals surface area contributed by atoms with Gasteiger partial charge in [-0.2, -0.15) is 0 Å². The number of nitrogens with zero attached hydrogens (tertiary/aromatic N) is 2. The summed E-state index contributed by atoms with van der Waals surface area (Å²) in [5, 5.41) is 3.17. The summed E-state index contributed by atoms with van der Waals surface area (Å²) in [5.74, 6) is 0.987. The normalized spacial score (nSPS) is 15.2. The second-order valence-electron chi connectivity index (χ2n) is 5.18. The third-order valence-electron chi connectivity index (χ3n) is 3.51. The first-order valence-corrected chi connectivity index (χ1v) is 7.19. The van der Waals surface area contributed by atoms with Gasteiger partial charge >= 0.3 is 0 Å². The van der Waals surface area contributed by atoms with Crippen LogP contribution in [-0.2, 0) is 11.3 Å². The Balaban J connectivity index is 1.80. The molecule has 0 atom stereocenters. The average molecular weight is 277 g/mol. The van der Waals surface area contributed by atoms with Gasteiger partial charge in [0.05, 0.1) is 19.3 Å². The molecule has 1 saturated heterocycles. The highest BCUT2D eigenvalue weighted by Crippen LogP contribution is 2.13. The van der Waals surface area contributed by atoms with Gasteiger partial charge < -0.3 is 15.0 Å². The Labute approximate surface area is 120 Å². The number of hydrogen-bond acceptors (Lipinski definition) is 4. The molecule has 5 nitrogen and oxygen atoms in total. The second-order valence-corrected chi connectivity index (χ2v) is 5.18. The highest BCUT2D eigenvalue weighted by Gasteiger charge is 2.15. The predicted molar refractivity (Wildman–Crippen MR) is 77.7 cm³/mol. The summed E-state index contributed by atoms with van der Waals surface area (Å²) in [4.78, 5) is 18.4. The molecule has 1 aliphatic heterocycles. The van der Waals surface area contributed by atoms with Crippen molar-refractivity contribution in [2.24, 2.45) is 0 Å². The van der Waals surface area contributed by atoms with Crippen molar-refractivity contribution in [2.75, 3.05) is 26.7 Å². The molecule has 110 valence electrons. The number of aryl methyl sites for hydroxylation is 1. The van der Waals surface area contributed by atoms with Crippen LogP contribution in [0.3, 0.4) is 0 Å². The molecule has 1 aromatic heterocycles. The lowest BCUT2D eigenvalue weighted by atomic mass is 10.1. The molecule has 0 spiro atoms. The first-order valence-electron chi connectivity index (χ1n) is 7.19. The number of rotatable bonds is 5. The van der Waals surface area contributed by atoms with E-state index in [2.05, 4.69) is 10.3 Å². The molecule has 1 N–H and O–H groups in total. The highest BCUT2D eigenvalue weighted by molar-refractivity contribution is 5.78. The van der Waals surface area contributed by atoms with Crippen LogP contribution < -0.4 is 10.1 Å². The maximum absolute atomic E-state index is 12.0. The fourth-order valence-electron chi connectivity index (χ4n) is 2.46. The quantitative estimate of drug-likeness (QED) is 0.886. The van der Waals surface area contributed by atoms with Crippen molar-refractivity contribution in [1.82, 2.24) is 15.2 Å². The van der Waals surface area contributed by atoms with Crippen LogP contribution in [0.1, 0.15) is 30.7 Å². The van der Waals surface area contributed by atoms with Gasteiger partial charge in [0.2, 0.25) is 5.91 Å². The van der Waals surface area contributed by atoms with Crippen molar-refractivity contribution < 1.29 is 9.53 Å². The Morgan fingerprint density at radius 3 is 2.80 bits per heavy atom. The average Bonchev–Trinajstić information content (AvgIpc) is 2.47. The standard InChI is InChI=1S/C15H23N3O2/c1-12-8-14(20-2)9-13(17-12)10-16-11-15(19)18-6-4-3-5-7-18/h8-9,16H,3-7,10-11H2,1-2H3. The maximum atomic E-state index is 12.0. The number of piperidine rings is 1. The molecule has 5 heteroatoms. The monoisotopic (exact) mass is 277 g/mol. The van der Waals surface area contributed by atoms with Crippen LogP contribution in [0.2, 0.25) is 0 Å². The fraction of sp³-hybridized carbons (Fsp3) is 0.600. The minimum atomic E-state index is 0.185. The van der Waals surface area contributed by atoms with Gasteiger partial charge in [0.15, 0.2) is 0 Å². The summed E-state index contributed by atoms with van der Waals surface area (Å²) in [5.41, 5.74) is 1.82. The lowest BCUT2D eigenvalue weighted by Crippen LogP contribution is -2.41. The van der Waals surface area contributed by atoms with Crippen LogP contribution in [-0.4, -0.2) is 42.5 Å². The SMILES string of the molecule is COc1cc(C)nc(CNCC(=O)N2CCCCC2)c1. The van der Waals surface area contributed by atoms with E-state index >= 15 is 0 Å². The van der Waals surface area contributed by atoms with Crippen molar-refractivity contribution in [2.45, 2.75) is 32.7 Å². The highest BCUT2D eigenvalue weighted by atomic mass is 16.5. The van der Waals surface area contributed by atoms with Crippen molar-refractivity contribution in [1.29, 1.82) is 0 Å². The lowest BCUT2D eigenvalue weighted by molar-refractivity contribution is -0.131. The zero-order valence-electron chi connectivity index (χ0n) is 12.3. The molecule has 0 bridgehead atoms. The van der Waals surface area contributed by atoms with Crippen molar-refractivity contribution in [3.63, 3.8) is 0 Å². The first-order chi connectivity index (χ1) is 9.69. The van der Waals surface area contributed by atoms with E-state index in [0.717, 1.165) is 43.1 Å². The van der Waals surface area contributed by atoms with Gasteiger partial charge in [0, 0.05) is 37.5 Å². The number of likely N-dealkylation sites (tertiary alicyclic amines) is 1. The van der Waals surface area contributed by atoms with E-state index in [9.17, 15) is 4.79 Å². The van der Waals surface area contributed by atoms with E-state index in [1.54, 1.807) is 7.11 Å². The number of carbonyl (C=O) groups is 1. The topological polar surface area (TPSA) is 54.5 Å². The van der Waals surface area contributed by atoms with Crippen molar-refractivity contribution in [3.8, 4) is 5.75 Å². The maximum Gasteiger partial charge on any atom is 0.236 e. The molecule has 1 fully saturated rings. The number of pyridine rings is 1. The third kappa shape index (κ3) is 4.20. The van der Waals surface area contributed by atoms with Crippen LogP contribution >= 0.6 is 0 Å². The molecule has 1 amide bonds. The van der Waals surface area contributed by atoms with Gasteiger partial charge in [-0.3, -0.25) is 9.78 Å². The Morgan fingerprint density at radius 2 is 2.10 bits per heavy atom. The lowest BCUT2D eigenvalue weighted by Gasteiger charge is -2.26. The summed E-state index contributed by atoms with van der Waals surface area (Å²) in [6.45, 7) is 4.69. The third-order valence-corrected chi connectivity index (χ3v) is 3.51. The number of nitrogens with one attached hydrogen (secondary N) is 1. The van der Waals surface area contributed by atoms with Gasteiger partial charge in [0.1, 0.15) is 5.75 Å². The number of aromatic nitrogens is 1. The molecule has 2 rings (SSSR count). The van der Waals surface area contributed by atoms with Gasteiger partial charge in [-0.1, -0.05) is 0 Å². The zero-order valence-corrected chi connectivity index (χ0v) is 12.3. The van der Waals surface area contributed by atoms with Gasteiger partial charge in [0.25, 0.3) is 0 Å². The van der Waals surface area contributed by atoms with Crippen LogP contribution in [0.5, 0.6) is 5.75 Å². The number of carbonyl (C=O) groups excluding carboxylic acids is 1. The summed E-state index contributed by atoms with van der Waals surface area (Å²) >= 11 is 0. The van der Waals surface area contributed by atoms with Gasteiger partial charge in [-0.15, -0.1) is 0 Å². The molecular weight excluding hydrogens is 254 g/mol. The number of methoxy groups -OCH3 is 1. The van der Waals surface area contributed by atoms with E-state index in [1.165, 1.54) is 6.42 Å². The summed E-state index contributed by atoms with van der Waals surface area (Å²) < 4.78 is 5.22. The molecule has 0 aromatic carbocycles. The molecule has 0 aliphatic carbocycles. The Morgan fingerprint density at radius 1 is 1.35 bits per heavy atom. The minimum absolute atomic E-state index is 0.185. The first kappa shape index (κ1) is 14.8. The molecule has 2 heterocycles. The second kappa shape index (κ2) is 7.24. The Kier molecular flexibility index (Phi) is 5.35. The molecule has 20 heavy (non-hydrogen) atoms. The van der Waals surface area contributed by atoms with E-state index in [0.29, 0.717) is 13.1 Å². The Hall–Kier alpha value is -1.62. The predicted octanol–water partition coefficient (Wildman–Crippen LogP) is 1.50. The van der Waals surface area contributed by atoms with Crippen molar-refractivity contribution in [3.05, 3.63) is 23.5 Å². The molecule has 1 aromatic rings. The van der Waals surface area contributed by atoms with E-state index in [-0.39, 0.29) is 5.91 Å². The fourth-order valence-corrected chi connectivity index (χ4v) is 2.46. The largest absolute Gasteiger partial charge is 0.497 e. The van der Waals surface area contributed by atoms with Crippen LogP contribution in [0, 0.1) is 6.92 Å². The van der Waals surface area contributed by atoms with Crippen LogP contribution in [0.25, 0.3) is 0 Å². The summed E-state index contributed by atoms with van der Waals surface area (Å²) in [6.07, 6.45) is 3.50. The van der Waals surface area contributed by atoms with Crippen LogP contribution in [0.4, 0.5) is 0 Å². The smallest absolute Gasteiger partial charge is 0.236 e. The van der Waals surface area contributed by atoms with Gasteiger partial charge in [-0.05, 0) is 26.2 Å². The number of ether oxygens (including phenoxy) is 1. The molecule has 1 aliphatic rings. The van der Waals surface area contributed by atoms with Gasteiger partial charge in [-0.25, -0.2) is 0 Å². The van der Waals surface area contributed by atoms with Crippen LogP contribution in [0.15, 0.2) is 12.1 Å². The molecule has 0 radical (unpaired) electrons. The van der Waals surface area contributed by atoms with Crippen molar-refractivity contribution >= 4 is 5.91 Å². The minimum Gasteiger partial charge on any atom is -0.497 e. The summed E-state index contributed by atoms with van der Waals surface area (Å²) in [6, 6.07) is 3.79. The number of hydrogen-bond donors (Lipinski definition) is 1. The zero-order chi connectivity index (χ0) is 14.4. The molecule has 0 unspecified atom stereocenters. The van der Waals surface area contributed by atoms with E-state index < -0.39 is 0 Å². The molecular formula is C15H23N3O2. The summed E-state index contributed by atoms with van der Waals surface area (Å²) in [7, 11) is 1.64. The Bertz CT molecular complexity index is 456. The number of amides is 1. The molecule has 0 saturated carbocycles. The van der Waals surface area contributed by atoms with E-state index in [1.807, 2.05) is 24.0 Å². The van der Waals surface area contributed by atoms with E-state index in [4.69, 9.17) is 4.74 Å².